The third-order valence-electron chi connectivity index (χ3n) is 4.70. The minimum Gasteiger partial charge on any atom is -0.348 e. The van der Waals surface area contributed by atoms with Gasteiger partial charge in [0.1, 0.15) is 0 Å². The normalized spacial score (nSPS) is 14.5. The molecule has 0 saturated carbocycles. The number of hydrogen-bond donors (Lipinski definition) is 1. The number of hydrogen-bond acceptors (Lipinski definition) is 4. The van der Waals surface area contributed by atoms with Gasteiger partial charge in [-0.3, -0.25) is 19.8 Å². The fourth-order valence-corrected chi connectivity index (χ4v) is 3.19. The average molecular weight is 365 g/mol. The van der Waals surface area contributed by atoms with E-state index in [1.807, 2.05) is 18.2 Å². The van der Waals surface area contributed by atoms with E-state index in [9.17, 15) is 14.9 Å². The van der Waals surface area contributed by atoms with Crippen molar-refractivity contribution < 1.29 is 9.72 Å². The van der Waals surface area contributed by atoms with Gasteiger partial charge >= 0.3 is 0 Å². The molecule has 0 unspecified atom stereocenters. The maximum absolute atomic E-state index is 12.1. The molecule has 0 radical (unpaired) electrons. The Morgan fingerprint density at radius 1 is 1.07 bits per heavy atom. The first-order valence-electron chi connectivity index (χ1n) is 9.11. The number of nitro groups is 1. The molecule has 2 aromatic carbocycles. The van der Waals surface area contributed by atoms with Gasteiger partial charge in [0.05, 0.1) is 4.92 Å². The molecule has 27 heavy (non-hydrogen) atoms. The van der Waals surface area contributed by atoms with Crippen molar-refractivity contribution in [2.24, 2.45) is 0 Å². The summed E-state index contributed by atoms with van der Waals surface area (Å²) in [6.07, 6.45) is 5.61. The Hall–Kier alpha value is -2.99. The van der Waals surface area contributed by atoms with Gasteiger partial charge < -0.3 is 5.32 Å². The highest BCUT2D eigenvalue weighted by atomic mass is 16.6. The van der Waals surface area contributed by atoms with Crippen molar-refractivity contribution in [2.45, 2.75) is 25.9 Å². The zero-order valence-electron chi connectivity index (χ0n) is 15.1. The summed E-state index contributed by atoms with van der Waals surface area (Å²) in [6.45, 7) is 3.68. The van der Waals surface area contributed by atoms with E-state index in [2.05, 4.69) is 16.3 Å². The Bertz CT molecular complexity index is 825. The van der Waals surface area contributed by atoms with Gasteiger partial charge in [-0.05, 0) is 60.8 Å². The van der Waals surface area contributed by atoms with Gasteiger partial charge in [-0.1, -0.05) is 24.3 Å². The number of rotatable bonds is 7. The summed E-state index contributed by atoms with van der Waals surface area (Å²) in [5.74, 6) is -0.190. The summed E-state index contributed by atoms with van der Waals surface area (Å²) in [5.41, 5.74) is 3.15. The van der Waals surface area contributed by atoms with E-state index in [1.54, 1.807) is 18.2 Å². The largest absolute Gasteiger partial charge is 0.348 e. The summed E-state index contributed by atoms with van der Waals surface area (Å²) in [7, 11) is 0. The van der Waals surface area contributed by atoms with Gasteiger partial charge in [0.25, 0.3) is 5.69 Å². The molecule has 1 fully saturated rings. The van der Waals surface area contributed by atoms with Crippen LogP contribution in [0.5, 0.6) is 0 Å². The molecular weight excluding hydrogens is 342 g/mol. The summed E-state index contributed by atoms with van der Waals surface area (Å²) in [5, 5.41) is 13.6. The lowest BCUT2D eigenvalue weighted by Gasteiger charge is -2.17. The molecule has 2 aromatic rings. The number of carbonyl (C=O) groups is 1. The van der Waals surface area contributed by atoms with Crippen LogP contribution in [0.1, 0.15) is 29.5 Å². The minimum atomic E-state index is -0.445. The van der Waals surface area contributed by atoms with Gasteiger partial charge in [0.15, 0.2) is 0 Å². The third kappa shape index (κ3) is 5.49. The van der Waals surface area contributed by atoms with Crippen molar-refractivity contribution in [3.8, 4) is 0 Å². The van der Waals surface area contributed by atoms with Gasteiger partial charge in [-0.15, -0.1) is 0 Å². The average Bonchev–Trinajstić information content (AvgIpc) is 3.19. The number of non-ortho nitro benzene ring substituents is 1. The Morgan fingerprint density at radius 3 is 2.41 bits per heavy atom. The van der Waals surface area contributed by atoms with E-state index in [1.165, 1.54) is 36.6 Å². The molecule has 140 valence electrons. The van der Waals surface area contributed by atoms with Crippen molar-refractivity contribution in [1.29, 1.82) is 0 Å². The fourth-order valence-electron chi connectivity index (χ4n) is 3.19. The highest BCUT2D eigenvalue weighted by Crippen LogP contribution is 2.16. The molecule has 1 aliphatic heterocycles. The molecule has 0 aliphatic carbocycles. The van der Waals surface area contributed by atoms with E-state index in [0.717, 1.165) is 30.8 Å². The van der Waals surface area contributed by atoms with E-state index < -0.39 is 4.92 Å². The van der Waals surface area contributed by atoms with Crippen LogP contribution >= 0.6 is 0 Å². The summed E-state index contributed by atoms with van der Waals surface area (Å²) < 4.78 is 0. The lowest BCUT2D eigenvalue weighted by Crippen LogP contribution is -2.23. The van der Waals surface area contributed by atoms with E-state index in [4.69, 9.17) is 0 Å². The molecule has 0 atom stereocenters. The standard InChI is InChI=1S/C21H23N3O3/c25-21(12-9-17-7-10-20(11-8-17)24(26)27)22-15-18-5-1-2-6-19(18)16-23-13-3-4-14-23/h1-2,5-12H,3-4,13-16H2,(H,22,25)/b12-9+. The van der Waals surface area contributed by atoms with Crippen molar-refractivity contribution in [3.05, 3.63) is 81.4 Å². The molecule has 1 heterocycles. The van der Waals surface area contributed by atoms with Crippen molar-refractivity contribution in [1.82, 2.24) is 10.2 Å². The van der Waals surface area contributed by atoms with Crippen LogP contribution in [0, 0.1) is 10.1 Å². The van der Waals surface area contributed by atoms with E-state index >= 15 is 0 Å². The van der Waals surface area contributed by atoms with Gasteiger partial charge in [0, 0.05) is 31.3 Å². The van der Waals surface area contributed by atoms with Crippen molar-refractivity contribution in [2.75, 3.05) is 13.1 Å². The third-order valence-corrected chi connectivity index (χ3v) is 4.70. The first-order chi connectivity index (χ1) is 13.1. The second-order valence-electron chi connectivity index (χ2n) is 6.65. The van der Waals surface area contributed by atoms with Crippen LogP contribution in [-0.4, -0.2) is 28.8 Å². The molecule has 1 amide bonds. The number of nitrogens with one attached hydrogen (secondary N) is 1. The molecule has 0 spiro atoms. The lowest BCUT2D eigenvalue weighted by atomic mass is 10.1. The number of nitro benzene ring substituents is 1. The van der Waals surface area contributed by atoms with Crippen LogP contribution in [0.15, 0.2) is 54.6 Å². The first kappa shape index (κ1) is 18.8. The smallest absolute Gasteiger partial charge is 0.269 e. The quantitative estimate of drug-likeness (QED) is 0.463. The van der Waals surface area contributed by atoms with E-state index in [0.29, 0.717) is 6.54 Å². The second-order valence-corrected chi connectivity index (χ2v) is 6.65. The van der Waals surface area contributed by atoms with Crippen LogP contribution in [0.4, 0.5) is 5.69 Å². The molecule has 6 nitrogen and oxygen atoms in total. The molecule has 3 rings (SSSR count). The van der Waals surface area contributed by atoms with Crippen LogP contribution in [0.2, 0.25) is 0 Å². The zero-order valence-corrected chi connectivity index (χ0v) is 15.1. The number of likely N-dealkylation sites (tertiary alicyclic amines) is 1. The maximum Gasteiger partial charge on any atom is 0.269 e. The van der Waals surface area contributed by atoms with Gasteiger partial charge in [-0.25, -0.2) is 0 Å². The van der Waals surface area contributed by atoms with Crippen molar-refractivity contribution >= 4 is 17.7 Å². The Kier molecular flexibility index (Phi) is 6.33. The highest BCUT2D eigenvalue weighted by molar-refractivity contribution is 5.91. The summed E-state index contributed by atoms with van der Waals surface area (Å²) >= 11 is 0. The van der Waals surface area contributed by atoms with Gasteiger partial charge in [-0.2, -0.15) is 0 Å². The number of carbonyl (C=O) groups excluding carboxylic acids is 1. The molecule has 1 N–H and O–H groups in total. The lowest BCUT2D eigenvalue weighted by molar-refractivity contribution is -0.384. The Labute approximate surface area is 158 Å². The van der Waals surface area contributed by atoms with Crippen LogP contribution in [-0.2, 0) is 17.9 Å². The van der Waals surface area contributed by atoms with Crippen LogP contribution < -0.4 is 5.32 Å². The SMILES string of the molecule is O=C(/C=C/c1ccc([N+](=O)[O-])cc1)NCc1ccccc1CN1CCCC1. The number of nitrogens with zero attached hydrogens (tertiary/aromatic N) is 2. The number of amides is 1. The second kappa shape index (κ2) is 9.09. The monoisotopic (exact) mass is 365 g/mol. The zero-order chi connectivity index (χ0) is 19.1. The fraction of sp³-hybridized carbons (Fsp3) is 0.286. The van der Waals surface area contributed by atoms with Crippen molar-refractivity contribution in [3.63, 3.8) is 0 Å². The van der Waals surface area contributed by atoms with Crippen LogP contribution in [0.3, 0.4) is 0 Å². The van der Waals surface area contributed by atoms with Gasteiger partial charge in [0.2, 0.25) is 5.91 Å². The summed E-state index contributed by atoms with van der Waals surface area (Å²) in [6, 6.07) is 14.3. The predicted octanol–water partition coefficient (Wildman–Crippen LogP) is 3.52. The molecular formula is C21H23N3O3. The molecule has 0 aromatic heterocycles. The minimum absolute atomic E-state index is 0.0335. The molecule has 6 heteroatoms. The van der Waals surface area contributed by atoms with Crippen LogP contribution in [0.25, 0.3) is 6.08 Å². The Balaban J connectivity index is 1.55. The predicted molar refractivity (Wildman–Crippen MR) is 105 cm³/mol. The topological polar surface area (TPSA) is 75.5 Å². The first-order valence-corrected chi connectivity index (χ1v) is 9.11. The molecule has 1 aliphatic rings. The Morgan fingerprint density at radius 2 is 1.74 bits per heavy atom. The maximum atomic E-state index is 12.1. The molecule has 0 bridgehead atoms. The van der Waals surface area contributed by atoms with E-state index in [-0.39, 0.29) is 11.6 Å². The highest BCUT2D eigenvalue weighted by Gasteiger charge is 2.13. The summed E-state index contributed by atoms with van der Waals surface area (Å²) in [4.78, 5) is 24.8. The molecule has 1 saturated heterocycles. The number of benzene rings is 2.